The lowest BCUT2D eigenvalue weighted by molar-refractivity contribution is -0.141. The molecule has 0 saturated carbocycles. The number of anilines is 1. The zero-order chi connectivity index (χ0) is 12.8. The molecule has 0 aliphatic rings. The Morgan fingerprint density at radius 2 is 2.35 bits per heavy atom. The summed E-state index contributed by atoms with van der Waals surface area (Å²) in [5.41, 5.74) is 1.21. The van der Waals surface area contributed by atoms with Crippen molar-refractivity contribution in [3.05, 3.63) is 23.4 Å². The maximum Gasteiger partial charge on any atom is 0.308 e. The lowest BCUT2D eigenvalue weighted by atomic mass is 10.1. The van der Waals surface area contributed by atoms with Crippen molar-refractivity contribution in [3.63, 3.8) is 0 Å². The second-order valence-corrected chi connectivity index (χ2v) is 3.78. The molecule has 90 valence electrons. The Bertz CT molecular complexity index is 452. The highest BCUT2D eigenvalue weighted by atomic mass is 16.4. The molecule has 5 heteroatoms. The molecule has 1 rings (SSSR count). The minimum absolute atomic E-state index is 0.275. The van der Waals surface area contributed by atoms with E-state index in [4.69, 9.17) is 10.4 Å². The topological polar surface area (TPSA) is 86.0 Å². The number of carbonyl (C=O) groups is 1. The summed E-state index contributed by atoms with van der Waals surface area (Å²) in [6.45, 7) is 3.91. The number of carboxylic acid groups (broad SMARTS) is 1. The van der Waals surface area contributed by atoms with E-state index in [1.165, 1.54) is 0 Å². The first kappa shape index (κ1) is 13.0. The van der Waals surface area contributed by atoms with Crippen molar-refractivity contribution >= 4 is 11.8 Å². The monoisotopic (exact) mass is 233 g/mol. The van der Waals surface area contributed by atoms with Crippen molar-refractivity contribution in [1.82, 2.24) is 4.98 Å². The predicted molar refractivity (Wildman–Crippen MR) is 63.6 cm³/mol. The molecule has 0 aromatic carbocycles. The molecule has 1 atom stereocenters. The van der Waals surface area contributed by atoms with Crippen molar-refractivity contribution in [2.75, 3.05) is 11.9 Å². The van der Waals surface area contributed by atoms with Gasteiger partial charge in [-0.3, -0.25) is 4.79 Å². The molecular weight excluding hydrogens is 218 g/mol. The van der Waals surface area contributed by atoms with Crippen LogP contribution < -0.4 is 5.32 Å². The number of hydrogen-bond donors (Lipinski definition) is 2. The first-order valence-corrected chi connectivity index (χ1v) is 5.43. The average Bonchev–Trinajstić information content (AvgIpc) is 2.29. The fraction of sp³-hybridized carbons (Fsp3) is 0.417. The third kappa shape index (κ3) is 3.45. The van der Waals surface area contributed by atoms with Crippen molar-refractivity contribution in [3.8, 4) is 6.07 Å². The molecular formula is C12H15N3O2. The lowest BCUT2D eigenvalue weighted by Gasteiger charge is -2.12. The van der Waals surface area contributed by atoms with Gasteiger partial charge >= 0.3 is 5.97 Å². The van der Waals surface area contributed by atoms with Gasteiger partial charge in [0.05, 0.1) is 11.5 Å². The van der Waals surface area contributed by atoms with Gasteiger partial charge in [-0.05, 0) is 25.5 Å². The summed E-state index contributed by atoms with van der Waals surface area (Å²) >= 11 is 0. The van der Waals surface area contributed by atoms with Crippen LogP contribution in [0.1, 0.15) is 24.6 Å². The SMILES string of the molecule is CCC(CNc1nc(C)ccc1C#N)C(=O)O. The highest BCUT2D eigenvalue weighted by Gasteiger charge is 2.15. The summed E-state index contributed by atoms with van der Waals surface area (Å²) in [5.74, 6) is -0.859. The van der Waals surface area contributed by atoms with Crippen molar-refractivity contribution in [1.29, 1.82) is 5.26 Å². The molecule has 2 N–H and O–H groups in total. The van der Waals surface area contributed by atoms with Gasteiger partial charge in [0.2, 0.25) is 0 Å². The van der Waals surface area contributed by atoms with Gasteiger partial charge < -0.3 is 10.4 Å². The van der Waals surface area contributed by atoms with Gasteiger partial charge in [-0.2, -0.15) is 5.26 Å². The highest BCUT2D eigenvalue weighted by Crippen LogP contribution is 2.13. The summed E-state index contributed by atoms with van der Waals surface area (Å²) in [5, 5.41) is 20.7. The highest BCUT2D eigenvalue weighted by molar-refractivity contribution is 5.70. The Morgan fingerprint density at radius 3 is 2.88 bits per heavy atom. The molecule has 0 fully saturated rings. The van der Waals surface area contributed by atoms with Crippen LogP contribution in [0.4, 0.5) is 5.82 Å². The Balaban J connectivity index is 2.78. The quantitative estimate of drug-likeness (QED) is 0.809. The largest absolute Gasteiger partial charge is 0.481 e. The van der Waals surface area contributed by atoms with E-state index < -0.39 is 11.9 Å². The Morgan fingerprint density at radius 1 is 1.65 bits per heavy atom. The van der Waals surface area contributed by atoms with Crippen molar-refractivity contribution in [2.24, 2.45) is 5.92 Å². The standard InChI is InChI=1S/C12H15N3O2/c1-3-9(12(16)17)7-14-11-10(6-13)5-4-8(2)15-11/h4-5,9H,3,7H2,1-2H3,(H,14,15)(H,16,17). The molecule has 1 heterocycles. The van der Waals surface area contributed by atoms with Crippen LogP contribution in [0.5, 0.6) is 0 Å². The van der Waals surface area contributed by atoms with Crippen LogP contribution >= 0.6 is 0 Å². The lowest BCUT2D eigenvalue weighted by Crippen LogP contribution is -2.22. The third-order valence-corrected chi connectivity index (χ3v) is 2.51. The summed E-state index contributed by atoms with van der Waals surface area (Å²) in [6, 6.07) is 5.44. The van der Waals surface area contributed by atoms with Crippen LogP contribution in [-0.4, -0.2) is 22.6 Å². The molecule has 0 amide bonds. The molecule has 0 radical (unpaired) electrons. The molecule has 0 aliphatic carbocycles. The first-order chi connectivity index (χ1) is 8.08. The summed E-state index contributed by atoms with van der Waals surface area (Å²) in [6.07, 6.45) is 0.538. The average molecular weight is 233 g/mol. The van der Waals surface area contributed by atoms with Crippen LogP contribution in [0.15, 0.2) is 12.1 Å². The maximum atomic E-state index is 10.8. The number of aryl methyl sites for hydroxylation is 1. The number of aromatic nitrogens is 1. The van der Waals surface area contributed by atoms with Crippen molar-refractivity contribution in [2.45, 2.75) is 20.3 Å². The molecule has 0 bridgehead atoms. The Hall–Kier alpha value is -2.09. The number of carboxylic acids is 1. The van der Waals surface area contributed by atoms with E-state index >= 15 is 0 Å². The first-order valence-electron chi connectivity index (χ1n) is 5.43. The minimum Gasteiger partial charge on any atom is -0.481 e. The predicted octanol–water partition coefficient (Wildman–Crippen LogP) is 1.78. The van der Waals surface area contributed by atoms with Gasteiger partial charge in [0.1, 0.15) is 11.9 Å². The third-order valence-electron chi connectivity index (χ3n) is 2.51. The molecule has 17 heavy (non-hydrogen) atoms. The fourth-order valence-corrected chi connectivity index (χ4v) is 1.41. The minimum atomic E-state index is -0.842. The van der Waals surface area contributed by atoms with Gasteiger partial charge in [0.25, 0.3) is 0 Å². The number of pyridine rings is 1. The van der Waals surface area contributed by atoms with Crippen LogP contribution in [0.25, 0.3) is 0 Å². The van der Waals surface area contributed by atoms with E-state index in [1.54, 1.807) is 12.1 Å². The number of aliphatic carboxylic acids is 1. The second kappa shape index (κ2) is 5.85. The number of nitrogens with zero attached hydrogens (tertiary/aromatic N) is 2. The van der Waals surface area contributed by atoms with E-state index in [0.717, 1.165) is 5.69 Å². The molecule has 5 nitrogen and oxygen atoms in total. The zero-order valence-electron chi connectivity index (χ0n) is 9.90. The van der Waals surface area contributed by atoms with E-state index in [-0.39, 0.29) is 6.54 Å². The van der Waals surface area contributed by atoms with Crippen LogP contribution in [-0.2, 0) is 4.79 Å². The summed E-state index contributed by atoms with van der Waals surface area (Å²) in [4.78, 5) is 15.0. The fourth-order valence-electron chi connectivity index (χ4n) is 1.41. The van der Waals surface area contributed by atoms with Gasteiger partial charge in [-0.25, -0.2) is 4.98 Å². The maximum absolute atomic E-state index is 10.8. The van der Waals surface area contributed by atoms with Crippen molar-refractivity contribution < 1.29 is 9.90 Å². The number of nitrogens with one attached hydrogen (secondary N) is 1. The summed E-state index contributed by atoms with van der Waals surface area (Å²) in [7, 11) is 0. The Kier molecular flexibility index (Phi) is 4.46. The van der Waals surface area contributed by atoms with Crippen LogP contribution in [0, 0.1) is 24.2 Å². The van der Waals surface area contributed by atoms with E-state index in [9.17, 15) is 4.79 Å². The van der Waals surface area contributed by atoms with Gasteiger partial charge in [0, 0.05) is 12.2 Å². The van der Waals surface area contributed by atoms with Gasteiger partial charge in [-0.15, -0.1) is 0 Å². The molecule has 0 saturated heterocycles. The van der Waals surface area contributed by atoms with E-state index in [0.29, 0.717) is 17.8 Å². The second-order valence-electron chi connectivity index (χ2n) is 3.78. The zero-order valence-corrected chi connectivity index (χ0v) is 9.90. The molecule has 0 spiro atoms. The smallest absolute Gasteiger partial charge is 0.308 e. The number of hydrogen-bond acceptors (Lipinski definition) is 4. The van der Waals surface area contributed by atoms with E-state index in [1.807, 2.05) is 19.9 Å². The van der Waals surface area contributed by atoms with Gasteiger partial charge in [-0.1, -0.05) is 6.92 Å². The molecule has 1 unspecified atom stereocenters. The molecule has 1 aromatic rings. The van der Waals surface area contributed by atoms with E-state index in [2.05, 4.69) is 10.3 Å². The van der Waals surface area contributed by atoms with Crippen LogP contribution in [0.2, 0.25) is 0 Å². The van der Waals surface area contributed by atoms with Crippen LogP contribution in [0.3, 0.4) is 0 Å². The molecule has 1 aromatic heterocycles. The summed E-state index contributed by atoms with van der Waals surface area (Å²) < 4.78 is 0. The number of rotatable bonds is 5. The van der Waals surface area contributed by atoms with Gasteiger partial charge in [0.15, 0.2) is 0 Å². The Labute approximate surface area is 100 Å². The molecule has 0 aliphatic heterocycles. The number of nitriles is 1. The normalized spacial score (nSPS) is 11.6.